The number of amides is 1. The lowest BCUT2D eigenvalue weighted by Crippen LogP contribution is -2.26. The van der Waals surface area contributed by atoms with Crippen LogP contribution in [0.1, 0.15) is 34.1 Å². The van der Waals surface area contributed by atoms with Crippen LogP contribution in [0.5, 0.6) is 17.2 Å². The number of hydrogen-bond acceptors (Lipinski definition) is 6. The van der Waals surface area contributed by atoms with Crippen LogP contribution in [-0.4, -0.2) is 36.0 Å². The molecule has 148 valence electrons. The summed E-state index contributed by atoms with van der Waals surface area (Å²) in [6, 6.07) is 15.1. The molecule has 7 heteroatoms. The topological polar surface area (TPSA) is 84.5 Å². The van der Waals surface area contributed by atoms with Crippen molar-refractivity contribution >= 4 is 11.6 Å². The molecule has 1 aromatic heterocycles. The number of carbonyl (C=O) groups excluding carboxylic acids is 1. The van der Waals surface area contributed by atoms with E-state index in [9.17, 15) is 9.90 Å². The van der Waals surface area contributed by atoms with Crippen LogP contribution in [0, 0.1) is 0 Å². The number of phenolic OH excluding ortho intramolecular Hbond substituents is 1. The van der Waals surface area contributed by atoms with Crippen molar-refractivity contribution in [2.24, 2.45) is 5.10 Å². The molecule has 1 aliphatic rings. The highest BCUT2D eigenvalue weighted by molar-refractivity contribution is 6.06. The fourth-order valence-electron chi connectivity index (χ4n) is 3.42. The zero-order valence-electron chi connectivity index (χ0n) is 16.0. The number of carbonyl (C=O) groups is 1. The normalized spacial score (nSPS) is 15.9. The van der Waals surface area contributed by atoms with Gasteiger partial charge in [-0.05, 0) is 30.3 Å². The van der Waals surface area contributed by atoms with Crippen molar-refractivity contribution < 1.29 is 23.8 Å². The van der Waals surface area contributed by atoms with Crippen LogP contribution < -0.4 is 9.47 Å². The Morgan fingerprint density at radius 3 is 2.66 bits per heavy atom. The molecule has 1 atom stereocenters. The zero-order chi connectivity index (χ0) is 20.4. The number of benzene rings is 2. The summed E-state index contributed by atoms with van der Waals surface area (Å²) in [5.41, 5.74) is 2.03. The van der Waals surface area contributed by atoms with Crippen LogP contribution in [-0.2, 0) is 0 Å². The first-order valence-corrected chi connectivity index (χ1v) is 9.07. The molecule has 1 N–H and O–H groups in total. The van der Waals surface area contributed by atoms with E-state index in [1.807, 2.05) is 18.2 Å². The van der Waals surface area contributed by atoms with E-state index in [4.69, 9.17) is 13.9 Å². The van der Waals surface area contributed by atoms with E-state index >= 15 is 0 Å². The Hall–Kier alpha value is -3.74. The van der Waals surface area contributed by atoms with Gasteiger partial charge in [0, 0.05) is 23.6 Å². The van der Waals surface area contributed by atoms with Gasteiger partial charge in [-0.15, -0.1) is 0 Å². The monoisotopic (exact) mass is 392 g/mol. The Kier molecular flexibility index (Phi) is 4.95. The number of phenols is 1. The van der Waals surface area contributed by atoms with E-state index in [2.05, 4.69) is 5.10 Å². The van der Waals surface area contributed by atoms with Gasteiger partial charge in [-0.3, -0.25) is 4.79 Å². The predicted molar refractivity (Wildman–Crippen MR) is 106 cm³/mol. The predicted octanol–water partition coefficient (Wildman–Crippen LogP) is 3.99. The van der Waals surface area contributed by atoms with Gasteiger partial charge in [0.25, 0.3) is 0 Å². The van der Waals surface area contributed by atoms with Gasteiger partial charge in [-0.1, -0.05) is 18.2 Å². The third-order valence-electron chi connectivity index (χ3n) is 4.87. The SMILES string of the molecule is COc1ccc(C2=NN(C(=O)c3ccco3)[C@@H](c3ccccc3O)C2)c(OC)c1. The minimum absolute atomic E-state index is 0.105. The Morgan fingerprint density at radius 2 is 1.97 bits per heavy atom. The standard InChI is InChI=1S/C22H20N2O5/c1-27-14-9-10-15(21(12-14)28-2)17-13-18(16-6-3-4-7-19(16)25)24(23-17)22(26)20-8-5-11-29-20/h3-12,18,25H,13H2,1-2H3/t18-/m1/s1. The summed E-state index contributed by atoms with van der Waals surface area (Å²) in [4.78, 5) is 13.0. The Labute approximate surface area is 167 Å². The fraction of sp³-hybridized carbons (Fsp3) is 0.182. The van der Waals surface area contributed by atoms with E-state index < -0.39 is 6.04 Å². The summed E-state index contributed by atoms with van der Waals surface area (Å²) < 4.78 is 16.0. The molecule has 0 saturated carbocycles. The second-order valence-corrected chi connectivity index (χ2v) is 6.52. The van der Waals surface area contributed by atoms with E-state index in [0.717, 1.165) is 5.56 Å². The van der Waals surface area contributed by atoms with Crippen LogP contribution >= 0.6 is 0 Å². The fourth-order valence-corrected chi connectivity index (χ4v) is 3.42. The van der Waals surface area contributed by atoms with Crippen molar-refractivity contribution in [2.75, 3.05) is 14.2 Å². The summed E-state index contributed by atoms with van der Waals surface area (Å²) in [6.07, 6.45) is 1.85. The first kappa shape index (κ1) is 18.6. The molecule has 0 radical (unpaired) electrons. The highest BCUT2D eigenvalue weighted by Gasteiger charge is 2.36. The van der Waals surface area contributed by atoms with E-state index in [0.29, 0.717) is 29.2 Å². The van der Waals surface area contributed by atoms with Gasteiger partial charge in [0.2, 0.25) is 0 Å². The maximum absolute atomic E-state index is 13.0. The molecule has 1 aliphatic heterocycles. The number of hydrazone groups is 1. The summed E-state index contributed by atoms with van der Waals surface area (Å²) in [6.45, 7) is 0. The average molecular weight is 392 g/mol. The molecule has 29 heavy (non-hydrogen) atoms. The van der Waals surface area contributed by atoms with Crippen LogP contribution in [0.25, 0.3) is 0 Å². The lowest BCUT2D eigenvalue weighted by molar-refractivity contribution is 0.0677. The summed E-state index contributed by atoms with van der Waals surface area (Å²) in [5, 5.41) is 16.3. The van der Waals surface area contributed by atoms with Crippen molar-refractivity contribution in [1.82, 2.24) is 5.01 Å². The van der Waals surface area contributed by atoms with Crippen molar-refractivity contribution in [2.45, 2.75) is 12.5 Å². The molecule has 7 nitrogen and oxygen atoms in total. The van der Waals surface area contributed by atoms with Gasteiger partial charge in [0.15, 0.2) is 5.76 Å². The molecular formula is C22H20N2O5. The maximum Gasteiger partial charge on any atom is 0.310 e. The Bertz CT molecular complexity index is 1060. The van der Waals surface area contributed by atoms with E-state index in [1.54, 1.807) is 50.6 Å². The van der Waals surface area contributed by atoms with Gasteiger partial charge in [0.05, 0.1) is 32.2 Å². The molecular weight excluding hydrogens is 372 g/mol. The molecule has 0 aliphatic carbocycles. The Balaban J connectivity index is 1.77. The molecule has 0 spiro atoms. The van der Waals surface area contributed by atoms with Crippen molar-refractivity contribution in [3.8, 4) is 17.2 Å². The largest absolute Gasteiger partial charge is 0.508 e. The third-order valence-corrected chi connectivity index (χ3v) is 4.87. The number of aromatic hydroxyl groups is 1. The third kappa shape index (κ3) is 3.42. The number of nitrogens with zero attached hydrogens (tertiary/aromatic N) is 2. The molecule has 2 aromatic carbocycles. The van der Waals surface area contributed by atoms with Gasteiger partial charge in [-0.25, -0.2) is 5.01 Å². The summed E-state index contributed by atoms with van der Waals surface area (Å²) in [5.74, 6) is 1.15. The highest BCUT2D eigenvalue weighted by atomic mass is 16.5. The summed E-state index contributed by atoms with van der Waals surface area (Å²) in [7, 11) is 3.15. The molecule has 4 rings (SSSR count). The second-order valence-electron chi connectivity index (χ2n) is 6.52. The van der Waals surface area contributed by atoms with Crippen LogP contribution in [0.2, 0.25) is 0 Å². The second kappa shape index (κ2) is 7.71. The molecule has 0 fully saturated rings. The van der Waals surface area contributed by atoms with Crippen molar-refractivity contribution in [3.05, 3.63) is 77.7 Å². The minimum atomic E-state index is -0.476. The molecule has 0 saturated heterocycles. The molecule has 3 aromatic rings. The highest BCUT2D eigenvalue weighted by Crippen LogP contribution is 2.39. The molecule has 0 unspecified atom stereocenters. The quantitative estimate of drug-likeness (QED) is 0.710. The van der Waals surface area contributed by atoms with Crippen molar-refractivity contribution in [3.63, 3.8) is 0 Å². The molecule has 1 amide bonds. The number of methoxy groups -OCH3 is 2. The number of rotatable bonds is 5. The number of para-hydroxylation sites is 1. The van der Waals surface area contributed by atoms with Gasteiger partial charge in [0.1, 0.15) is 17.2 Å². The van der Waals surface area contributed by atoms with Gasteiger partial charge in [-0.2, -0.15) is 5.10 Å². The van der Waals surface area contributed by atoms with E-state index in [1.165, 1.54) is 11.3 Å². The lowest BCUT2D eigenvalue weighted by atomic mass is 9.97. The molecule has 2 heterocycles. The maximum atomic E-state index is 13.0. The number of ether oxygens (including phenoxy) is 2. The first-order chi connectivity index (χ1) is 14.1. The van der Waals surface area contributed by atoms with Gasteiger partial charge >= 0.3 is 5.91 Å². The Morgan fingerprint density at radius 1 is 1.14 bits per heavy atom. The zero-order valence-corrected chi connectivity index (χ0v) is 16.0. The van der Waals surface area contributed by atoms with Crippen LogP contribution in [0.4, 0.5) is 0 Å². The van der Waals surface area contributed by atoms with Crippen molar-refractivity contribution in [1.29, 1.82) is 0 Å². The number of hydrogen-bond donors (Lipinski definition) is 1. The van der Waals surface area contributed by atoms with Crippen LogP contribution in [0.3, 0.4) is 0 Å². The minimum Gasteiger partial charge on any atom is -0.508 e. The summed E-state index contributed by atoms with van der Waals surface area (Å²) >= 11 is 0. The number of furan rings is 1. The van der Waals surface area contributed by atoms with E-state index in [-0.39, 0.29) is 17.4 Å². The smallest absolute Gasteiger partial charge is 0.310 e. The average Bonchev–Trinajstić information content (AvgIpc) is 3.43. The molecule has 0 bridgehead atoms. The van der Waals surface area contributed by atoms with Gasteiger partial charge < -0.3 is 19.0 Å². The lowest BCUT2D eigenvalue weighted by Gasteiger charge is -2.21. The van der Waals surface area contributed by atoms with Crippen LogP contribution in [0.15, 0.2) is 70.4 Å². The first-order valence-electron chi connectivity index (χ1n) is 9.07.